The predicted octanol–water partition coefficient (Wildman–Crippen LogP) is 5.65. The van der Waals surface area contributed by atoms with Crippen LogP contribution in [0, 0.1) is 11.7 Å². The molecule has 8 heteroatoms. The molecule has 0 radical (unpaired) electrons. The zero-order valence-corrected chi connectivity index (χ0v) is 21.1. The molecule has 0 saturated heterocycles. The number of thioether (sulfide) groups is 1. The Kier molecular flexibility index (Phi) is 8.74. The van der Waals surface area contributed by atoms with Crippen LogP contribution in [0.4, 0.5) is 10.1 Å². The van der Waals surface area contributed by atoms with Crippen molar-refractivity contribution >= 4 is 33.4 Å². The second-order valence-corrected chi connectivity index (χ2v) is 11.1. The van der Waals surface area contributed by atoms with Crippen molar-refractivity contribution in [3.05, 3.63) is 90.2 Å². The van der Waals surface area contributed by atoms with Gasteiger partial charge in [0.05, 0.1) is 16.6 Å². The lowest BCUT2D eigenvalue weighted by Crippen LogP contribution is -2.42. The average Bonchev–Trinajstić information content (AvgIpc) is 2.82. The van der Waals surface area contributed by atoms with Crippen LogP contribution in [0.25, 0.3) is 0 Å². The van der Waals surface area contributed by atoms with Crippen LogP contribution < -0.4 is 9.62 Å². The zero-order chi connectivity index (χ0) is 24.7. The first kappa shape index (κ1) is 25.8. The number of rotatable bonds is 10. The smallest absolute Gasteiger partial charge is 0.264 e. The van der Waals surface area contributed by atoms with Crippen molar-refractivity contribution in [2.45, 2.75) is 36.1 Å². The van der Waals surface area contributed by atoms with Gasteiger partial charge < -0.3 is 5.32 Å². The number of hydrogen-bond acceptors (Lipinski definition) is 4. The molecule has 1 amide bonds. The third kappa shape index (κ3) is 6.61. The highest BCUT2D eigenvalue weighted by molar-refractivity contribution is 7.98. The summed E-state index contributed by atoms with van der Waals surface area (Å²) in [4.78, 5) is 14.1. The van der Waals surface area contributed by atoms with E-state index in [1.54, 1.807) is 12.1 Å². The molecule has 3 aromatic rings. The van der Waals surface area contributed by atoms with E-state index >= 15 is 0 Å². The first-order chi connectivity index (χ1) is 16.2. The molecule has 0 saturated carbocycles. The van der Waals surface area contributed by atoms with Crippen LogP contribution >= 0.6 is 11.8 Å². The highest BCUT2D eigenvalue weighted by Gasteiger charge is 2.28. The van der Waals surface area contributed by atoms with Crippen LogP contribution in [-0.4, -0.2) is 27.1 Å². The van der Waals surface area contributed by atoms with Gasteiger partial charge in [-0.1, -0.05) is 50.2 Å². The van der Waals surface area contributed by atoms with Gasteiger partial charge in [0, 0.05) is 4.90 Å². The third-order valence-electron chi connectivity index (χ3n) is 5.28. The highest BCUT2D eigenvalue weighted by Crippen LogP contribution is 2.27. The van der Waals surface area contributed by atoms with Gasteiger partial charge in [-0.3, -0.25) is 9.10 Å². The molecule has 0 heterocycles. The summed E-state index contributed by atoms with van der Waals surface area (Å²) in [6.45, 7) is 3.64. The minimum atomic E-state index is -4.12. The van der Waals surface area contributed by atoms with E-state index in [-0.39, 0.29) is 16.6 Å². The predicted molar refractivity (Wildman–Crippen MR) is 136 cm³/mol. The quantitative estimate of drug-likeness (QED) is 0.366. The van der Waals surface area contributed by atoms with Crippen molar-refractivity contribution < 1.29 is 17.6 Å². The Hall–Kier alpha value is -2.84. The Bertz CT molecular complexity index is 1200. The number of nitrogens with one attached hydrogen (secondary N) is 1. The largest absolute Gasteiger partial charge is 0.348 e. The summed E-state index contributed by atoms with van der Waals surface area (Å²) >= 11 is 1.49. The topological polar surface area (TPSA) is 66.5 Å². The summed E-state index contributed by atoms with van der Waals surface area (Å²) in [6, 6.07) is 20.9. The average molecular weight is 501 g/mol. The van der Waals surface area contributed by atoms with Crippen molar-refractivity contribution in [1.82, 2.24) is 5.32 Å². The van der Waals surface area contributed by atoms with E-state index in [0.29, 0.717) is 12.3 Å². The summed E-state index contributed by atoms with van der Waals surface area (Å²) in [6.07, 6.45) is 2.59. The highest BCUT2D eigenvalue weighted by atomic mass is 32.2. The number of anilines is 1. The molecule has 0 spiro atoms. The first-order valence-electron chi connectivity index (χ1n) is 11.0. The Balaban J connectivity index is 1.92. The van der Waals surface area contributed by atoms with Gasteiger partial charge in [-0.05, 0) is 66.6 Å². The van der Waals surface area contributed by atoms with E-state index in [2.05, 4.69) is 19.2 Å². The minimum absolute atomic E-state index is 0.0316. The summed E-state index contributed by atoms with van der Waals surface area (Å²) in [5, 5.41) is 2.98. The van der Waals surface area contributed by atoms with Crippen LogP contribution in [0.5, 0.6) is 0 Å². The summed E-state index contributed by atoms with van der Waals surface area (Å²) in [5.41, 5.74) is 1.03. The molecule has 0 fully saturated rings. The number of sulfonamides is 1. The van der Waals surface area contributed by atoms with Gasteiger partial charge in [0.2, 0.25) is 5.91 Å². The molecular formula is C26H29FN2O3S2. The molecule has 0 aliphatic heterocycles. The monoisotopic (exact) mass is 500 g/mol. The summed E-state index contributed by atoms with van der Waals surface area (Å²) in [7, 11) is -4.12. The van der Waals surface area contributed by atoms with Crippen molar-refractivity contribution in [2.75, 3.05) is 17.1 Å². The Morgan fingerprint density at radius 1 is 1.00 bits per heavy atom. The molecule has 1 N–H and O–H groups in total. The maximum absolute atomic E-state index is 14.0. The van der Waals surface area contributed by atoms with E-state index in [0.717, 1.165) is 20.8 Å². The first-order valence-corrected chi connectivity index (χ1v) is 13.6. The number of carbonyl (C=O) groups is 1. The van der Waals surface area contributed by atoms with Gasteiger partial charge in [-0.15, -0.1) is 11.8 Å². The molecule has 0 aliphatic rings. The second-order valence-electron chi connectivity index (χ2n) is 8.33. The van der Waals surface area contributed by atoms with E-state index in [9.17, 15) is 17.6 Å². The molecule has 5 nitrogen and oxygen atoms in total. The van der Waals surface area contributed by atoms with Gasteiger partial charge in [0.25, 0.3) is 10.0 Å². The van der Waals surface area contributed by atoms with Crippen molar-refractivity contribution in [2.24, 2.45) is 5.92 Å². The molecule has 1 atom stereocenters. The number of carbonyl (C=O) groups excluding carboxylic acids is 1. The molecule has 3 rings (SSSR count). The second kappa shape index (κ2) is 11.5. The lowest BCUT2D eigenvalue weighted by molar-refractivity contribution is -0.120. The lowest BCUT2D eigenvalue weighted by atomic mass is 9.97. The number of hydrogen-bond donors (Lipinski definition) is 1. The molecular weight excluding hydrogens is 471 g/mol. The molecule has 0 aromatic heterocycles. The molecule has 3 aromatic carbocycles. The van der Waals surface area contributed by atoms with E-state index < -0.39 is 28.3 Å². The Labute approximate surface area is 205 Å². The number of nitrogens with zero attached hydrogens (tertiary/aromatic N) is 1. The molecule has 0 aliphatic carbocycles. The fourth-order valence-electron chi connectivity index (χ4n) is 3.63. The van der Waals surface area contributed by atoms with Crippen LogP contribution in [0.15, 0.2) is 88.7 Å². The van der Waals surface area contributed by atoms with Crippen molar-refractivity contribution in [1.29, 1.82) is 0 Å². The summed E-state index contributed by atoms with van der Waals surface area (Å²) in [5.74, 6) is -0.746. The SMILES string of the molecule is CSc1ccc(S(=O)(=O)N(CC(=O)NC(CC(C)C)c2ccccc2)c2cccc(F)c2)cc1. The fourth-order valence-corrected chi connectivity index (χ4v) is 5.45. The van der Waals surface area contributed by atoms with Gasteiger partial charge in [0.1, 0.15) is 12.4 Å². The maximum Gasteiger partial charge on any atom is 0.264 e. The zero-order valence-electron chi connectivity index (χ0n) is 19.4. The van der Waals surface area contributed by atoms with E-state index in [1.807, 2.05) is 36.6 Å². The van der Waals surface area contributed by atoms with Gasteiger partial charge in [0.15, 0.2) is 0 Å². The third-order valence-corrected chi connectivity index (χ3v) is 7.81. The number of amides is 1. The van der Waals surface area contributed by atoms with Gasteiger partial charge in [-0.2, -0.15) is 0 Å². The van der Waals surface area contributed by atoms with Crippen molar-refractivity contribution in [3.8, 4) is 0 Å². The fraction of sp³-hybridized carbons (Fsp3) is 0.269. The lowest BCUT2D eigenvalue weighted by Gasteiger charge is -2.26. The number of halogens is 1. The molecule has 0 bridgehead atoms. The molecule has 34 heavy (non-hydrogen) atoms. The van der Waals surface area contributed by atoms with Crippen molar-refractivity contribution in [3.63, 3.8) is 0 Å². The normalized spacial score (nSPS) is 12.4. The van der Waals surface area contributed by atoms with Crippen LogP contribution in [0.2, 0.25) is 0 Å². The van der Waals surface area contributed by atoms with E-state index in [4.69, 9.17) is 0 Å². The number of benzene rings is 3. The van der Waals surface area contributed by atoms with Crippen LogP contribution in [0.3, 0.4) is 0 Å². The Morgan fingerprint density at radius 3 is 2.26 bits per heavy atom. The summed E-state index contributed by atoms with van der Waals surface area (Å²) < 4.78 is 42.0. The minimum Gasteiger partial charge on any atom is -0.348 e. The maximum atomic E-state index is 14.0. The molecule has 1 unspecified atom stereocenters. The Morgan fingerprint density at radius 2 is 1.68 bits per heavy atom. The standard InChI is InChI=1S/C26H29FN2O3S2/c1-19(2)16-25(20-8-5-4-6-9-20)28-26(30)18-29(22-11-7-10-21(27)17-22)34(31,32)24-14-12-23(33-3)13-15-24/h4-15,17,19,25H,16,18H2,1-3H3,(H,28,30). The van der Waals surface area contributed by atoms with E-state index in [1.165, 1.54) is 42.1 Å². The van der Waals surface area contributed by atoms with Gasteiger partial charge >= 0.3 is 0 Å². The molecule has 180 valence electrons. The van der Waals surface area contributed by atoms with Gasteiger partial charge in [-0.25, -0.2) is 12.8 Å². The van der Waals surface area contributed by atoms with Crippen LogP contribution in [-0.2, 0) is 14.8 Å². The van der Waals surface area contributed by atoms with Crippen LogP contribution in [0.1, 0.15) is 31.9 Å².